The van der Waals surface area contributed by atoms with Crippen molar-refractivity contribution in [2.24, 2.45) is 0 Å². The van der Waals surface area contributed by atoms with Gasteiger partial charge in [-0.3, -0.25) is 4.79 Å². The SMILES string of the molecule is CCCCNC(=O)CSc1nc2ccccc2nc1OC. The van der Waals surface area contributed by atoms with E-state index in [2.05, 4.69) is 22.2 Å². The zero-order valence-electron chi connectivity index (χ0n) is 12.3. The van der Waals surface area contributed by atoms with Crippen molar-refractivity contribution in [1.82, 2.24) is 15.3 Å². The Morgan fingerprint density at radius 3 is 2.67 bits per heavy atom. The van der Waals surface area contributed by atoms with Crippen LogP contribution in [0.4, 0.5) is 0 Å². The molecule has 0 aliphatic carbocycles. The number of thioether (sulfide) groups is 1. The first-order chi connectivity index (χ1) is 10.2. The van der Waals surface area contributed by atoms with Crippen molar-refractivity contribution in [2.45, 2.75) is 24.8 Å². The summed E-state index contributed by atoms with van der Waals surface area (Å²) in [5.41, 5.74) is 1.58. The summed E-state index contributed by atoms with van der Waals surface area (Å²) in [4.78, 5) is 20.7. The van der Waals surface area contributed by atoms with Gasteiger partial charge in [0.1, 0.15) is 0 Å². The summed E-state index contributed by atoms with van der Waals surface area (Å²) in [7, 11) is 1.56. The zero-order chi connectivity index (χ0) is 15.1. The molecular formula is C15H19N3O2S. The highest BCUT2D eigenvalue weighted by Gasteiger charge is 2.11. The van der Waals surface area contributed by atoms with Crippen LogP contribution in [-0.2, 0) is 4.79 Å². The normalized spacial score (nSPS) is 10.6. The topological polar surface area (TPSA) is 64.1 Å². The Kier molecular flexibility index (Phi) is 5.80. The van der Waals surface area contributed by atoms with E-state index in [4.69, 9.17) is 4.74 Å². The molecule has 6 heteroatoms. The molecule has 0 aliphatic rings. The molecule has 0 atom stereocenters. The maximum absolute atomic E-state index is 11.7. The predicted octanol–water partition coefficient (Wildman–Crippen LogP) is 2.65. The summed E-state index contributed by atoms with van der Waals surface area (Å²) in [6, 6.07) is 7.60. The van der Waals surface area contributed by atoms with Crippen molar-refractivity contribution in [3.63, 3.8) is 0 Å². The van der Waals surface area contributed by atoms with Gasteiger partial charge in [-0.1, -0.05) is 37.2 Å². The third-order valence-corrected chi connectivity index (χ3v) is 3.84. The second kappa shape index (κ2) is 7.83. The van der Waals surface area contributed by atoms with Crippen molar-refractivity contribution >= 4 is 28.7 Å². The number of fused-ring (bicyclic) bond motifs is 1. The van der Waals surface area contributed by atoms with Crippen molar-refractivity contribution in [3.05, 3.63) is 24.3 Å². The maximum Gasteiger partial charge on any atom is 0.247 e. The van der Waals surface area contributed by atoms with E-state index in [-0.39, 0.29) is 5.91 Å². The summed E-state index contributed by atoms with van der Waals surface area (Å²) >= 11 is 1.34. The fourth-order valence-corrected chi connectivity index (χ4v) is 2.57. The number of aromatic nitrogens is 2. The Morgan fingerprint density at radius 2 is 2.00 bits per heavy atom. The van der Waals surface area contributed by atoms with Gasteiger partial charge in [0.05, 0.1) is 23.9 Å². The number of nitrogens with zero attached hydrogens (tertiary/aromatic N) is 2. The molecule has 0 spiro atoms. The van der Waals surface area contributed by atoms with Gasteiger partial charge in [-0.2, -0.15) is 0 Å². The van der Waals surface area contributed by atoms with Crippen LogP contribution in [-0.4, -0.2) is 35.3 Å². The van der Waals surface area contributed by atoms with E-state index in [9.17, 15) is 4.79 Å². The third kappa shape index (κ3) is 4.32. The fourth-order valence-electron chi connectivity index (χ4n) is 1.78. The number of rotatable bonds is 7. The highest BCUT2D eigenvalue weighted by Crippen LogP contribution is 2.27. The van der Waals surface area contributed by atoms with Crippen molar-refractivity contribution in [1.29, 1.82) is 0 Å². The zero-order valence-corrected chi connectivity index (χ0v) is 13.1. The molecule has 1 amide bonds. The van der Waals surface area contributed by atoms with Gasteiger partial charge in [-0.25, -0.2) is 9.97 Å². The Hall–Kier alpha value is -1.82. The average molecular weight is 305 g/mol. The monoisotopic (exact) mass is 305 g/mol. The van der Waals surface area contributed by atoms with E-state index in [1.807, 2.05) is 24.3 Å². The number of benzene rings is 1. The Morgan fingerprint density at radius 1 is 1.29 bits per heavy atom. The van der Waals surface area contributed by atoms with Crippen molar-refractivity contribution < 1.29 is 9.53 Å². The van der Waals surface area contributed by atoms with Crippen LogP contribution in [0, 0.1) is 0 Å². The van der Waals surface area contributed by atoms with Crippen LogP contribution in [0.15, 0.2) is 29.3 Å². The maximum atomic E-state index is 11.7. The number of unbranched alkanes of at least 4 members (excludes halogenated alkanes) is 1. The smallest absolute Gasteiger partial charge is 0.247 e. The first-order valence-electron chi connectivity index (χ1n) is 6.95. The second-order valence-electron chi connectivity index (χ2n) is 4.52. The minimum Gasteiger partial charge on any atom is -0.479 e. The molecule has 5 nitrogen and oxygen atoms in total. The summed E-state index contributed by atoms with van der Waals surface area (Å²) in [6.07, 6.45) is 2.06. The third-order valence-electron chi connectivity index (χ3n) is 2.89. The lowest BCUT2D eigenvalue weighted by Gasteiger charge is -2.08. The lowest BCUT2D eigenvalue weighted by molar-refractivity contribution is -0.118. The molecule has 2 rings (SSSR count). The Balaban J connectivity index is 2.05. The van der Waals surface area contributed by atoms with Crippen LogP contribution in [0.5, 0.6) is 5.88 Å². The fraction of sp³-hybridized carbons (Fsp3) is 0.400. The van der Waals surface area contributed by atoms with Crippen LogP contribution in [0.3, 0.4) is 0 Å². The molecule has 112 valence electrons. The van der Waals surface area contributed by atoms with Crippen LogP contribution in [0.25, 0.3) is 11.0 Å². The number of carbonyl (C=O) groups excluding carboxylic acids is 1. The van der Waals surface area contributed by atoms with Gasteiger partial charge in [0, 0.05) is 6.54 Å². The average Bonchev–Trinajstić information content (AvgIpc) is 2.52. The summed E-state index contributed by atoms with van der Waals surface area (Å²) in [5.74, 6) is 0.776. The molecule has 1 N–H and O–H groups in total. The van der Waals surface area contributed by atoms with E-state index in [0.717, 1.165) is 30.4 Å². The molecule has 0 unspecified atom stereocenters. The van der Waals surface area contributed by atoms with Crippen molar-refractivity contribution in [3.8, 4) is 5.88 Å². The lowest BCUT2D eigenvalue weighted by atomic mass is 10.3. The molecule has 0 bridgehead atoms. The second-order valence-corrected chi connectivity index (χ2v) is 5.48. The van der Waals surface area contributed by atoms with E-state index < -0.39 is 0 Å². The van der Waals surface area contributed by atoms with Crippen LogP contribution < -0.4 is 10.1 Å². The number of methoxy groups -OCH3 is 1. The van der Waals surface area contributed by atoms with Gasteiger partial charge in [0.25, 0.3) is 0 Å². The molecule has 21 heavy (non-hydrogen) atoms. The standard InChI is InChI=1S/C15H19N3O2S/c1-3-4-9-16-13(19)10-21-15-14(20-2)17-11-7-5-6-8-12(11)18-15/h5-8H,3-4,9-10H2,1-2H3,(H,16,19). The minimum atomic E-state index is 0.00506. The molecular weight excluding hydrogens is 286 g/mol. The number of hydrogen-bond acceptors (Lipinski definition) is 5. The summed E-state index contributed by atoms with van der Waals surface area (Å²) in [6.45, 7) is 2.81. The van der Waals surface area contributed by atoms with Gasteiger partial charge in [0.2, 0.25) is 11.8 Å². The Bertz CT molecular complexity index is 619. The number of carbonyl (C=O) groups is 1. The predicted molar refractivity (Wildman–Crippen MR) is 84.7 cm³/mol. The minimum absolute atomic E-state index is 0.00506. The number of amides is 1. The number of nitrogens with one attached hydrogen (secondary N) is 1. The van der Waals surface area contributed by atoms with Gasteiger partial charge in [-0.05, 0) is 18.6 Å². The molecule has 0 fully saturated rings. The van der Waals surface area contributed by atoms with E-state index in [1.165, 1.54) is 11.8 Å². The first kappa shape index (κ1) is 15.6. The highest BCUT2D eigenvalue weighted by atomic mass is 32.2. The first-order valence-corrected chi connectivity index (χ1v) is 7.93. The Labute approximate surface area is 128 Å². The molecule has 0 radical (unpaired) electrons. The molecule has 0 saturated heterocycles. The van der Waals surface area contributed by atoms with Gasteiger partial charge in [0.15, 0.2) is 5.03 Å². The van der Waals surface area contributed by atoms with Crippen molar-refractivity contribution in [2.75, 3.05) is 19.4 Å². The highest BCUT2D eigenvalue weighted by molar-refractivity contribution is 8.00. The largest absolute Gasteiger partial charge is 0.479 e. The van der Waals surface area contributed by atoms with Gasteiger partial charge in [-0.15, -0.1) is 0 Å². The molecule has 1 heterocycles. The van der Waals surface area contributed by atoms with E-state index >= 15 is 0 Å². The molecule has 2 aromatic rings. The molecule has 0 aliphatic heterocycles. The molecule has 0 saturated carbocycles. The summed E-state index contributed by atoms with van der Waals surface area (Å²) < 4.78 is 5.26. The molecule has 1 aromatic heterocycles. The van der Waals surface area contributed by atoms with Crippen LogP contribution in [0.1, 0.15) is 19.8 Å². The number of ether oxygens (including phenoxy) is 1. The van der Waals surface area contributed by atoms with Gasteiger partial charge < -0.3 is 10.1 Å². The van der Waals surface area contributed by atoms with E-state index in [0.29, 0.717) is 16.7 Å². The van der Waals surface area contributed by atoms with Crippen LogP contribution in [0.2, 0.25) is 0 Å². The lowest BCUT2D eigenvalue weighted by Crippen LogP contribution is -2.26. The quantitative estimate of drug-likeness (QED) is 0.629. The van der Waals surface area contributed by atoms with Crippen LogP contribution >= 0.6 is 11.8 Å². The molecule has 1 aromatic carbocycles. The van der Waals surface area contributed by atoms with E-state index in [1.54, 1.807) is 7.11 Å². The number of hydrogen-bond donors (Lipinski definition) is 1. The number of para-hydroxylation sites is 2. The summed E-state index contributed by atoms with van der Waals surface area (Å²) in [5, 5.41) is 3.52. The van der Waals surface area contributed by atoms with Gasteiger partial charge >= 0.3 is 0 Å².